The van der Waals surface area contributed by atoms with Crippen molar-refractivity contribution in [1.29, 1.82) is 0 Å². The Hall–Kier alpha value is -1.27. The molecule has 0 atom stereocenters. The van der Waals surface area contributed by atoms with E-state index in [1.807, 2.05) is 30.3 Å². The second-order valence-corrected chi connectivity index (χ2v) is 9.72. The van der Waals surface area contributed by atoms with Gasteiger partial charge in [-0.15, -0.1) is 11.3 Å². The summed E-state index contributed by atoms with van der Waals surface area (Å²) in [5.74, 6) is 1.45. The summed E-state index contributed by atoms with van der Waals surface area (Å²) in [7, 11) is 3.29. The van der Waals surface area contributed by atoms with Gasteiger partial charge >= 0.3 is 0 Å². The van der Waals surface area contributed by atoms with Crippen LogP contribution in [0.25, 0.3) is 11.3 Å². The number of hydrogen-bond acceptors (Lipinski definition) is 4. The van der Waals surface area contributed by atoms with Gasteiger partial charge in [0, 0.05) is 32.0 Å². The molecule has 0 N–H and O–H groups in total. The molecule has 146 valence electrons. The number of halogens is 3. The number of aromatic nitrogens is 1. The summed E-state index contributed by atoms with van der Waals surface area (Å²) >= 11 is 17.9. The molecule has 1 aromatic heterocycles. The fourth-order valence-electron chi connectivity index (χ4n) is 3.50. The van der Waals surface area contributed by atoms with Gasteiger partial charge in [-0.25, -0.2) is 4.98 Å². The van der Waals surface area contributed by atoms with Crippen molar-refractivity contribution in [2.24, 2.45) is 0 Å². The van der Waals surface area contributed by atoms with Crippen molar-refractivity contribution >= 4 is 50.5 Å². The van der Waals surface area contributed by atoms with Gasteiger partial charge in [0.25, 0.3) is 0 Å². The zero-order valence-corrected chi connectivity index (χ0v) is 19.5. The molecule has 1 heterocycles. The highest BCUT2D eigenvalue weighted by Gasteiger charge is 2.50. The van der Waals surface area contributed by atoms with Gasteiger partial charge in [-0.2, -0.15) is 0 Å². The van der Waals surface area contributed by atoms with Gasteiger partial charge in [-0.05, 0) is 59.5 Å². The fraction of sp³-hybridized carbons (Fsp3) is 0.286. The van der Waals surface area contributed by atoms with E-state index in [1.54, 1.807) is 25.6 Å². The van der Waals surface area contributed by atoms with Gasteiger partial charge in [-0.1, -0.05) is 29.3 Å². The lowest BCUT2D eigenvalue weighted by Crippen LogP contribution is -2.09. The summed E-state index contributed by atoms with van der Waals surface area (Å²) in [6.07, 6.45) is 2.06. The Morgan fingerprint density at radius 1 is 1.07 bits per heavy atom. The fourth-order valence-corrected chi connectivity index (χ4v) is 5.78. The molecule has 7 heteroatoms. The molecule has 0 bridgehead atoms. The van der Waals surface area contributed by atoms with Crippen molar-refractivity contribution in [2.75, 3.05) is 14.2 Å². The Labute approximate surface area is 186 Å². The number of nitrogens with zero attached hydrogens (tertiary/aromatic N) is 1. The van der Waals surface area contributed by atoms with Crippen molar-refractivity contribution in [2.45, 2.75) is 25.2 Å². The maximum atomic E-state index is 6.52. The third-order valence-electron chi connectivity index (χ3n) is 5.13. The molecule has 0 saturated heterocycles. The summed E-state index contributed by atoms with van der Waals surface area (Å²) in [6.45, 7) is 2.09. The van der Waals surface area contributed by atoms with Crippen molar-refractivity contribution in [1.82, 2.24) is 4.98 Å². The molecule has 0 radical (unpaired) electrons. The Bertz CT molecular complexity index is 1060. The first-order chi connectivity index (χ1) is 13.4. The normalized spacial score (nSPS) is 14.8. The molecule has 4 rings (SSSR count). The molecule has 1 fully saturated rings. The molecule has 28 heavy (non-hydrogen) atoms. The first-order valence-electron chi connectivity index (χ1n) is 8.75. The largest absolute Gasteiger partial charge is 0.496 e. The van der Waals surface area contributed by atoms with Crippen LogP contribution in [0.2, 0.25) is 10.0 Å². The van der Waals surface area contributed by atoms with Gasteiger partial charge in [0.05, 0.1) is 24.4 Å². The SMILES string of the molecule is COc1cc(OC)c(-c2nc(C3(c4ccc(Cl)cc4Cl)CC3)sc2C)cc1Br. The number of rotatable bonds is 5. The van der Waals surface area contributed by atoms with Crippen molar-refractivity contribution in [3.05, 3.63) is 60.3 Å². The number of benzene rings is 2. The molecule has 3 nitrogen and oxygen atoms in total. The Morgan fingerprint density at radius 2 is 1.79 bits per heavy atom. The van der Waals surface area contributed by atoms with E-state index in [4.69, 9.17) is 37.7 Å². The summed E-state index contributed by atoms with van der Waals surface area (Å²) in [5, 5.41) is 2.43. The predicted molar refractivity (Wildman–Crippen MR) is 120 cm³/mol. The number of hydrogen-bond donors (Lipinski definition) is 0. The maximum Gasteiger partial charge on any atom is 0.136 e. The molecule has 0 amide bonds. The second kappa shape index (κ2) is 7.52. The van der Waals surface area contributed by atoms with Gasteiger partial charge in [0.1, 0.15) is 16.5 Å². The minimum Gasteiger partial charge on any atom is -0.496 e. The van der Waals surface area contributed by atoms with E-state index in [0.717, 1.165) is 55.5 Å². The number of thiazole rings is 1. The van der Waals surface area contributed by atoms with Gasteiger partial charge in [-0.3, -0.25) is 0 Å². The standard InChI is InChI=1S/C21H18BrCl2NO2S/c1-11-19(13-9-15(22)18(27-3)10-17(13)26-2)25-20(28-11)21(6-7-21)14-5-4-12(23)8-16(14)24/h4-5,8-10H,6-7H2,1-3H3. The first kappa shape index (κ1) is 20.0. The number of methoxy groups -OCH3 is 2. The number of ether oxygens (including phenoxy) is 2. The highest BCUT2D eigenvalue weighted by molar-refractivity contribution is 9.10. The zero-order valence-electron chi connectivity index (χ0n) is 15.6. The van der Waals surface area contributed by atoms with Crippen molar-refractivity contribution < 1.29 is 9.47 Å². The van der Waals surface area contributed by atoms with Crippen LogP contribution in [0.15, 0.2) is 34.8 Å². The van der Waals surface area contributed by atoms with E-state index in [2.05, 4.69) is 22.9 Å². The van der Waals surface area contributed by atoms with Gasteiger partial charge < -0.3 is 9.47 Å². The summed E-state index contributed by atoms with van der Waals surface area (Å²) in [4.78, 5) is 6.19. The molecule has 1 aliphatic carbocycles. The first-order valence-corrected chi connectivity index (χ1v) is 11.1. The Morgan fingerprint density at radius 3 is 2.39 bits per heavy atom. The van der Waals surface area contributed by atoms with E-state index in [1.165, 1.54) is 0 Å². The van der Waals surface area contributed by atoms with Crippen LogP contribution in [0.1, 0.15) is 28.3 Å². The van der Waals surface area contributed by atoms with E-state index in [9.17, 15) is 0 Å². The third kappa shape index (κ3) is 3.32. The summed E-state index contributed by atoms with van der Waals surface area (Å²) < 4.78 is 11.9. The molecular formula is C21H18BrCl2NO2S. The topological polar surface area (TPSA) is 31.4 Å². The van der Waals surface area contributed by atoms with Crippen LogP contribution < -0.4 is 9.47 Å². The van der Waals surface area contributed by atoms with Crippen LogP contribution in [0, 0.1) is 6.92 Å². The van der Waals surface area contributed by atoms with Crippen LogP contribution in [0.4, 0.5) is 0 Å². The second-order valence-electron chi connectivity index (χ2n) is 6.82. The average molecular weight is 499 g/mol. The van der Waals surface area contributed by atoms with E-state index >= 15 is 0 Å². The van der Waals surface area contributed by atoms with Crippen molar-refractivity contribution in [3.63, 3.8) is 0 Å². The highest BCUT2D eigenvalue weighted by atomic mass is 79.9. The van der Waals surface area contributed by atoms with Gasteiger partial charge in [0.15, 0.2) is 0 Å². The van der Waals surface area contributed by atoms with Crippen LogP contribution in [-0.4, -0.2) is 19.2 Å². The summed E-state index contributed by atoms with van der Waals surface area (Å²) in [6, 6.07) is 9.61. The minimum absolute atomic E-state index is 0.119. The van der Waals surface area contributed by atoms with Crippen LogP contribution in [0.5, 0.6) is 11.5 Å². The highest BCUT2D eigenvalue weighted by Crippen LogP contribution is 2.57. The molecule has 1 saturated carbocycles. The predicted octanol–water partition coefficient (Wildman–Crippen LogP) is 7.28. The zero-order chi connectivity index (χ0) is 20.1. The molecule has 2 aromatic carbocycles. The molecule has 3 aromatic rings. The van der Waals surface area contributed by atoms with E-state index in [-0.39, 0.29) is 5.41 Å². The lowest BCUT2D eigenvalue weighted by atomic mass is 9.96. The van der Waals surface area contributed by atoms with Crippen LogP contribution in [-0.2, 0) is 5.41 Å². The monoisotopic (exact) mass is 497 g/mol. The minimum atomic E-state index is -0.119. The lowest BCUT2D eigenvalue weighted by Gasteiger charge is -2.15. The van der Waals surface area contributed by atoms with Crippen LogP contribution >= 0.6 is 50.5 Å². The lowest BCUT2D eigenvalue weighted by molar-refractivity contribution is 0.393. The Balaban J connectivity index is 1.81. The summed E-state index contributed by atoms with van der Waals surface area (Å²) in [5.41, 5.74) is 2.85. The molecular weight excluding hydrogens is 481 g/mol. The molecule has 0 spiro atoms. The smallest absolute Gasteiger partial charge is 0.136 e. The van der Waals surface area contributed by atoms with Crippen LogP contribution in [0.3, 0.4) is 0 Å². The van der Waals surface area contributed by atoms with Crippen molar-refractivity contribution in [3.8, 4) is 22.8 Å². The average Bonchev–Trinajstić information content (AvgIpc) is 3.37. The molecule has 1 aliphatic rings. The quantitative estimate of drug-likeness (QED) is 0.370. The van der Waals surface area contributed by atoms with E-state index < -0.39 is 0 Å². The molecule has 0 aliphatic heterocycles. The third-order valence-corrected chi connectivity index (χ3v) is 7.47. The number of aryl methyl sites for hydroxylation is 1. The maximum absolute atomic E-state index is 6.52. The Kier molecular flexibility index (Phi) is 5.38. The van der Waals surface area contributed by atoms with Gasteiger partial charge in [0.2, 0.25) is 0 Å². The molecule has 0 unspecified atom stereocenters. The van der Waals surface area contributed by atoms with E-state index in [0.29, 0.717) is 10.0 Å².